The van der Waals surface area contributed by atoms with Crippen molar-refractivity contribution in [2.75, 3.05) is 13.2 Å². The summed E-state index contributed by atoms with van der Waals surface area (Å²) in [7, 11) is 0. The molecule has 2 N–H and O–H groups in total. The van der Waals surface area contributed by atoms with Crippen molar-refractivity contribution in [1.82, 2.24) is 9.97 Å². The summed E-state index contributed by atoms with van der Waals surface area (Å²) in [6.07, 6.45) is 0.788. The minimum absolute atomic E-state index is 0.119. The number of aromatic carboxylic acids is 1. The van der Waals surface area contributed by atoms with E-state index in [-0.39, 0.29) is 23.1 Å². The topological polar surface area (TPSA) is 92.3 Å². The van der Waals surface area contributed by atoms with Gasteiger partial charge in [-0.2, -0.15) is 0 Å². The predicted octanol–water partition coefficient (Wildman–Crippen LogP) is 0.917. The summed E-state index contributed by atoms with van der Waals surface area (Å²) in [5.74, 6) is -0.295. The number of nitrogens with one attached hydrogen (secondary N) is 1. The van der Waals surface area contributed by atoms with Crippen LogP contribution in [0.2, 0.25) is 0 Å². The molecule has 18 heavy (non-hydrogen) atoms. The minimum Gasteiger partial charge on any atom is -0.477 e. The largest absolute Gasteiger partial charge is 0.477 e. The van der Waals surface area contributed by atoms with Gasteiger partial charge < -0.3 is 14.8 Å². The summed E-state index contributed by atoms with van der Waals surface area (Å²) < 4.78 is 5.34. The van der Waals surface area contributed by atoms with Gasteiger partial charge in [-0.25, -0.2) is 9.78 Å². The van der Waals surface area contributed by atoms with Crippen LogP contribution < -0.4 is 5.56 Å². The zero-order valence-corrected chi connectivity index (χ0v) is 10.4. The van der Waals surface area contributed by atoms with Crippen LogP contribution in [0.3, 0.4) is 0 Å². The molecule has 98 valence electrons. The average molecular weight is 252 g/mol. The van der Waals surface area contributed by atoms with Crippen LogP contribution in [-0.4, -0.2) is 34.3 Å². The Morgan fingerprint density at radius 1 is 1.56 bits per heavy atom. The SMILES string of the molecule is Cc1nc(C2CCOCC2C)[nH]c(=O)c1C(=O)O. The Bertz CT molecular complexity index is 523. The summed E-state index contributed by atoms with van der Waals surface area (Å²) in [5.41, 5.74) is -0.595. The molecule has 1 fully saturated rings. The van der Waals surface area contributed by atoms with Crippen LogP contribution in [0.25, 0.3) is 0 Å². The maximum Gasteiger partial charge on any atom is 0.343 e. The van der Waals surface area contributed by atoms with E-state index >= 15 is 0 Å². The molecule has 1 aromatic rings. The Labute approximate surface area is 104 Å². The lowest BCUT2D eigenvalue weighted by Crippen LogP contribution is -2.29. The first-order chi connectivity index (χ1) is 8.50. The van der Waals surface area contributed by atoms with Gasteiger partial charge in [0.15, 0.2) is 0 Å². The lowest BCUT2D eigenvalue weighted by Gasteiger charge is -2.28. The van der Waals surface area contributed by atoms with Crippen molar-refractivity contribution in [3.8, 4) is 0 Å². The van der Waals surface area contributed by atoms with Gasteiger partial charge in [-0.15, -0.1) is 0 Å². The van der Waals surface area contributed by atoms with Crippen LogP contribution in [0.4, 0.5) is 0 Å². The third kappa shape index (κ3) is 2.28. The van der Waals surface area contributed by atoms with E-state index in [9.17, 15) is 9.59 Å². The Morgan fingerprint density at radius 2 is 2.28 bits per heavy atom. The maximum atomic E-state index is 11.7. The van der Waals surface area contributed by atoms with Gasteiger partial charge in [0.25, 0.3) is 5.56 Å². The Balaban J connectivity index is 2.41. The molecular formula is C12H16N2O4. The molecule has 2 heterocycles. The Hall–Kier alpha value is -1.69. The molecule has 0 amide bonds. The number of hydrogen-bond donors (Lipinski definition) is 2. The van der Waals surface area contributed by atoms with Crippen molar-refractivity contribution in [2.45, 2.75) is 26.2 Å². The van der Waals surface area contributed by atoms with E-state index < -0.39 is 11.5 Å². The Kier molecular flexibility index (Phi) is 3.47. The summed E-state index contributed by atoms with van der Waals surface area (Å²) in [5, 5.41) is 8.92. The smallest absolute Gasteiger partial charge is 0.343 e. The molecule has 2 unspecified atom stereocenters. The number of rotatable bonds is 2. The van der Waals surface area contributed by atoms with Gasteiger partial charge in [-0.1, -0.05) is 6.92 Å². The molecule has 1 aliphatic rings. The third-order valence-electron chi connectivity index (χ3n) is 3.32. The minimum atomic E-state index is -1.24. The van der Waals surface area contributed by atoms with E-state index in [4.69, 9.17) is 9.84 Å². The number of hydrogen-bond acceptors (Lipinski definition) is 4. The molecule has 0 radical (unpaired) electrons. The molecule has 0 aromatic carbocycles. The van der Waals surface area contributed by atoms with Crippen molar-refractivity contribution >= 4 is 5.97 Å². The lowest BCUT2D eigenvalue weighted by atomic mass is 9.89. The van der Waals surface area contributed by atoms with E-state index in [1.165, 1.54) is 0 Å². The first kappa shape index (κ1) is 12.8. The number of carboxylic acids is 1. The summed E-state index contributed by atoms with van der Waals surface area (Å²) in [4.78, 5) is 29.5. The number of carbonyl (C=O) groups is 1. The number of aryl methyl sites for hydroxylation is 1. The maximum absolute atomic E-state index is 11.7. The summed E-state index contributed by atoms with van der Waals surface area (Å²) in [6.45, 7) is 4.85. The number of aromatic nitrogens is 2. The second-order valence-electron chi connectivity index (χ2n) is 4.66. The van der Waals surface area contributed by atoms with E-state index in [2.05, 4.69) is 9.97 Å². The molecule has 0 aliphatic carbocycles. The molecule has 0 saturated carbocycles. The number of aromatic amines is 1. The van der Waals surface area contributed by atoms with Gasteiger partial charge in [0.2, 0.25) is 0 Å². The predicted molar refractivity (Wildman–Crippen MR) is 63.9 cm³/mol. The highest BCUT2D eigenvalue weighted by molar-refractivity contribution is 5.88. The van der Waals surface area contributed by atoms with E-state index in [1.807, 2.05) is 6.92 Å². The number of carboxylic acid groups (broad SMARTS) is 1. The molecule has 0 spiro atoms. The van der Waals surface area contributed by atoms with Gasteiger partial charge >= 0.3 is 5.97 Å². The second-order valence-corrected chi connectivity index (χ2v) is 4.66. The fraction of sp³-hybridized carbons (Fsp3) is 0.583. The summed E-state index contributed by atoms with van der Waals surface area (Å²) >= 11 is 0. The van der Waals surface area contributed by atoms with Crippen molar-refractivity contribution in [1.29, 1.82) is 0 Å². The van der Waals surface area contributed by atoms with Gasteiger partial charge in [0.1, 0.15) is 11.4 Å². The Morgan fingerprint density at radius 3 is 2.83 bits per heavy atom. The quantitative estimate of drug-likeness (QED) is 0.816. The molecule has 0 bridgehead atoms. The van der Waals surface area contributed by atoms with Gasteiger partial charge in [0, 0.05) is 19.1 Å². The summed E-state index contributed by atoms with van der Waals surface area (Å²) in [6, 6.07) is 0. The highest BCUT2D eigenvalue weighted by Gasteiger charge is 2.27. The highest BCUT2D eigenvalue weighted by Crippen LogP contribution is 2.29. The van der Waals surface area contributed by atoms with Crippen molar-refractivity contribution in [2.24, 2.45) is 5.92 Å². The first-order valence-corrected chi connectivity index (χ1v) is 5.92. The second kappa shape index (κ2) is 4.89. The van der Waals surface area contributed by atoms with Gasteiger partial charge in [0.05, 0.1) is 5.69 Å². The van der Waals surface area contributed by atoms with Crippen LogP contribution in [0, 0.1) is 12.8 Å². The number of nitrogens with zero attached hydrogens (tertiary/aromatic N) is 1. The molecule has 1 aromatic heterocycles. The van der Waals surface area contributed by atoms with Crippen molar-refractivity contribution in [3.05, 3.63) is 27.4 Å². The highest BCUT2D eigenvalue weighted by atomic mass is 16.5. The van der Waals surface area contributed by atoms with Crippen molar-refractivity contribution in [3.63, 3.8) is 0 Å². The standard InChI is InChI=1S/C12H16N2O4/c1-6-5-18-4-3-8(6)10-13-7(2)9(12(16)17)11(15)14-10/h6,8H,3-5H2,1-2H3,(H,16,17)(H,13,14,15). The molecule has 6 heteroatoms. The zero-order valence-electron chi connectivity index (χ0n) is 10.4. The number of ether oxygens (including phenoxy) is 1. The number of H-pyrrole nitrogens is 1. The average Bonchev–Trinajstić information content (AvgIpc) is 2.27. The molecule has 1 saturated heterocycles. The van der Waals surface area contributed by atoms with Gasteiger partial charge in [-0.3, -0.25) is 4.79 Å². The third-order valence-corrected chi connectivity index (χ3v) is 3.32. The molecular weight excluding hydrogens is 236 g/mol. The molecule has 6 nitrogen and oxygen atoms in total. The van der Waals surface area contributed by atoms with Crippen LogP contribution >= 0.6 is 0 Å². The monoisotopic (exact) mass is 252 g/mol. The van der Waals surface area contributed by atoms with E-state index in [0.717, 1.165) is 6.42 Å². The first-order valence-electron chi connectivity index (χ1n) is 5.92. The van der Waals surface area contributed by atoms with Crippen LogP contribution in [0.5, 0.6) is 0 Å². The van der Waals surface area contributed by atoms with Crippen LogP contribution in [0.15, 0.2) is 4.79 Å². The van der Waals surface area contributed by atoms with E-state index in [1.54, 1.807) is 6.92 Å². The fourth-order valence-corrected chi connectivity index (χ4v) is 2.32. The molecule has 2 atom stereocenters. The molecule has 1 aliphatic heterocycles. The normalized spacial score (nSPS) is 23.9. The van der Waals surface area contributed by atoms with E-state index in [0.29, 0.717) is 19.0 Å². The zero-order chi connectivity index (χ0) is 13.3. The molecule has 2 rings (SSSR count). The lowest BCUT2D eigenvalue weighted by molar-refractivity contribution is 0.0450. The fourth-order valence-electron chi connectivity index (χ4n) is 2.32. The van der Waals surface area contributed by atoms with Gasteiger partial charge in [-0.05, 0) is 19.3 Å². The van der Waals surface area contributed by atoms with Crippen molar-refractivity contribution < 1.29 is 14.6 Å². The van der Waals surface area contributed by atoms with Crippen LogP contribution in [-0.2, 0) is 4.74 Å². The van der Waals surface area contributed by atoms with Crippen LogP contribution in [0.1, 0.15) is 41.1 Å².